The van der Waals surface area contributed by atoms with Crippen LogP contribution in [0.1, 0.15) is 12.0 Å². The molecule has 1 aliphatic rings. The smallest absolute Gasteiger partial charge is 0.275 e. The number of benzene rings is 1. The number of rotatable bonds is 4. The van der Waals surface area contributed by atoms with Crippen molar-refractivity contribution in [1.82, 2.24) is 5.32 Å². The van der Waals surface area contributed by atoms with Gasteiger partial charge < -0.3 is 10.2 Å². The summed E-state index contributed by atoms with van der Waals surface area (Å²) in [5.41, 5.74) is 2.67. The molecule has 19 heavy (non-hydrogen) atoms. The zero-order chi connectivity index (χ0) is 13.5. The number of carbonyl (C=O) groups excluding carboxylic acids is 1. The van der Waals surface area contributed by atoms with E-state index in [2.05, 4.69) is 41.6 Å². The molecule has 1 heterocycles. The number of nitrogens with one attached hydrogen (secondary N) is 2. The van der Waals surface area contributed by atoms with Gasteiger partial charge in [-0.05, 0) is 17.2 Å². The topological polar surface area (TPSA) is 33.5 Å². The summed E-state index contributed by atoms with van der Waals surface area (Å²) in [5, 5.41) is 2.71. The lowest BCUT2D eigenvalue weighted by atomic mass is 10.00. The maximum atomic E-state index is 11.6. The van der Waals surface area contributed by atoms with Gasteiger partial charge in [0.15, 0.2) is 6.54 Å². The van der Waals surface area contributed by atoms with Crippen molar-refractivity contribution in [2.24, 2.45) is 0 Å². The average Bonchev–Trinajstić information content (AvgIpc) is 2.47. The van der Waals surface area contributed by atoms with E-state index in [1.54, 1.807) is 0 Å². The van der Waals surface area contributed by atoms with Gasteiger partial charge in [-0.3, -0.25) is 4.79 Å². The molecule has 0 aromatic heterocycles. The zero-order valence-electron chi connectivity index (χ0n) is 11.0. The van der Waals surface area contributed by atoms with Crippen LogP contribution in [0.3, 0.4) is 0 Å². The van der Waals surface area contributed by atoms with Crippen molar-refractivity contribution in [2.45, 2.75) is 6.42 Å². The summed E-state index contributed by atoms with van der Waals surface area (Å²) in [6.45, 7) is 2.70. The largest absolute Gasteiger partial charge is 0.340 e. The molecule has 1 aromatic carbocycles. The fourth-order valence-corrected chi connectivity index (χ4v) is 2.30. The minimum absolute atomic E-state index is 0.0320. The summed E-state index contributed by atoms with van der Waals surface area (Å²) >= 11 is 0. The van der Waals surface area contributed by atoms with E-state index in [1.807, 2.05) is 6.07 Å². The molecule has 3 nitrogen and oxygen atoms in total. The van der Waals surface area contributed by atoms with Crippen LogP contribution in [0.25, 0.3) is 5.57 Å². The molecular formula is C16H19N2O+. The normalized spacial score (nSPS) is 18.3. The SMILES string of the molecule is C#CCNC(=O)C[NH+]1CC=C(c2ccccc2)CC1. The summed E-state index contributed by atoms with van der Waals surface area (Å²) in [5.74, 6) is 2.44. The number of hydrogen-bond acceptors (Lipinski definition) is 1. The highest BCUT2D eigenvalue weighted by molar-refractivity contribution is 5.77. The fraction of sp³-hybridized carbons (Fsp3) is 0.312. The van der Waals surface area contributed by atoms with Crippen molar-refractivity contribution in [2.75, 3.05) is 26.2 Å². The van der Waals surface area contributed by atoms with E-state index in [0.717, 1.165) is 19.5 Å². The monoisotopic (exact) mass is 255 g/mol. The molecule has 0 aliphatic carbocycles. The van der Waals surface area contributed by atoms with E-state index < -0.39 is 0 Å². The Kier molecular flexibility index (Phi) is 4.77. The molecule has 1 amide bonds. The lowest BCUT2D eigenvalue weighted by Gasteiger charge is -2.23. The van der Waals surface area contributed by atoms with Crippen LogP contribution in [0.4, 0.5) is 0 Å². The van der Waals surface area contributed by atoms with Crippen molar-refractivity contribution in [3.8, 4) is 12.3 Å². The van der Waals surface area contributed by atoms with Gasteiger partial charge in [0, 0.05) is 6.42 Å². The van der Waals surface area contributed by atoms with Crippen molar-refractivity contribution in [3.05, 3.63) is 42.0 Å². The van der Waals surface area contributed by atoms with Crippen LogP contribution in [-0.2, 0) is 4.79 Å². The van der Waals surface area contributed by atoms with Crippen LogP contribution in [0, 0.1) is 12.3 Å². The summed E-state index contributed by atoms with van der Waals surface area (Å²) in [4.78, 5) is 12.9. The van der Waals surface area contributed by atoms with Crippen LogP contribution in [0.15, 0.2) is 36.4 Å². The minimum Gasteiger partial charge on any atom is -0.340 e. The number of terminal acetylenes is 1. The predicted molar refractivity (Wildman–Crippen MR) is 76.4 cm³/mol. The summed E-state index contributed by atoms with van der Waals surface area (Å²) < 4.78 is 0. The van der Waals surface area contributed by atoms with Crippen LogP contribution in [0.2, 0.25) is 0 Å². The first kappa shape index (κ1) is 13.4. The third kappa shape index (κ3) is 3.97. The maximum Gasteiger partial charge on any atom is 0.275 e. The summed E-state index contributed by atoms with van der Waals surface area (Å²) in [6, 6.07) is 10.4. The van der Waals surface area contributed by atoms with E-state index in [9.17, 15) is 4.79 Å². The summed E-state index contributed by atoms with van der Waals surface area (Å²) in [7, 11) is 0. The number of hydrogen-bond donors (Lipinski definition) is 2. The second-order valence-electron chi connectivity index (χ2n) is 4.71. The van der Waals surface area contributed by atoms with E-state index in [-0.39, 0.29) is 5.91 Å². The second-order valence-corrected chi connectivity index (χ2v) is 4.71. The standard InChI is InChI=1S/C16H18N2O/c1-2-10-17-16(19)13-18-11-8-15(9-12-18)14-6-4-3-5-7-14/h1,3-8H,9-13H2,(H,17,19)/p+1. The van der Waals surface area contributed by atoms with Gasteiger partial charge >= 0.3 is 0 Å². The second kappa shape index (κ2) is 6.77. The van der Waals surface area contributed by atoms with Crippen LogP contribution >= 0.6 is 0 Å². The zero-order valence-corrected chi connectivity index (χ0v) is 11.0. The third-order valence-corrected chi connectivity index (χ3v) is 3.33. The van der Waals surface area contributed by atoms with Gasteiger partial charge in [-0.2, -0.15) is 0 Å². The predicted octanol–water partition coefficient (Wildman–Crippen LogP) is 0.108. The van der Waals surface area contributed by atoms with Gasteiger partial charge in [0.1, 0.15) is 0 Å². The first-order valence-corrected chi connectivity index (χ1v) is 6.58. The highest BCUT2D eigenvalue weighted by Gasteiger charge is 2.18. The first-order valence-electron chi connectivity index (χ1n) is 6.58. The Balaban J connectivity index is 1.86. The Morgan fingerprint density at radius 2 is 2.16 bits per heavy atom. The molecule has 0 saturated heterocycles. The fourth-order valence-electron chi connectivity index (χ4n) is 2.30. The Morgan fingerprint density at radius 3 is 2.79 bits per heavy atom. The van der Waals surface area contributed by atoms with Gasteiger partial charge in [-0.1, -0.05) is 36.3 Å². The molecule has 0 bridgehead atoms. The van der Waals surface area contributed by atoms with Crippen LogP contribution in [0.5, 0.6) is 0 Å². The molecule has 0 radical (unpaired) electrons. The molecule has 2 rings (SSSR count). The van der Waals surface area contributed by atoms with Crippen LogP contribution < -0.4 is 10.2 Å². The molecule has 3 heteroatoms. The number of quaternary nitrogens is 1. The molecule has 1 unspecified atom stereocenters. The Labute approximate surface area is 114 Å². The van der Waals surface area contributed by atoms with Crippen molar-refractivity contribution < 1.29 is 9.69 Å². The van der Waals surface area contributed by atoms with Crippen molar-refractivity contribution >= 4 is 11.5 Å². The molecule has 1 atom stereocenters. The molecule has 1 aromatic rings. The van der Waals surface area contributed by atoms with Crippen molar-refractivity contribution in [3.63, 3.8) is 0 Å². The molecular weight excluding hydrogens is 236 g/mol. The van der Waals surface area contributed by atoms with Gasteiger partial charge in [0.25, 0.3) is 5.91 Å². The lowest BCUT2D eigenvalue weighted by Crippen LogP contribution is -3.13. The molecule has 2 N–H and O–H groups in total. The van der Waals surface area contributed by atoms with E-state index in [1.165, 1.54) is 16.0 Å². The van der Waals surface area contributed by atoms with Gasteiger partial charge in [0.2, 0.25) is 0 Å². The summed E-state index contributed by atoms with van der Waals surface area (Å²) in [6.07, 6.45) is 8.37. The molecule has 0 saturated carbocycles. The Morgan fingerprint density at radius 1 is 1.37 bits per heavy atom. The van der Waals surface area contributed by atoms with Gasteiger partial charge in [0.05, 0.1) is 19.6 Å². The third-order valence-electron chi connectivity index (χ3n) is 3.33. The first-order chi connectivity index (χ1) is 9.29. The van der Waals surface area contributed by atoms with Gasteiger partial charge in [-0.25, -0.2) is 0 Å². The lowest BCUT2D eigenvalue weighted by molar-refractivity contribution is -0.886. The number of amides is 1. The Hall–Kier alpha value is -2.05. The van der Waals surface area contributed by atoms with Gasteiger partial charge in [-0.15, -0.1) is 6.42 Å². The highest BCUT2D eigenvalue weighted by atomic mass is 16.2. The average molecular weight is 255 g/mol. The van der Waals surface area contributed by atoms with E-state index in [4.69, 9.17) is 6.42 Å². The van der Waals surface area contributed by atoms with Crippen molar-refractivity contribution in [1.29, 1.82) is 0 Å². The molecule has 0 fully saturated rings. The minimum atomic E-state index is 0.0320. The quantitative estimate of drug-likeness (QED) is 0.736. The maximum absolute atomic E-state index is 11.6. The molecule has 0 spiro atoms. The molecule has 1 aliphatic heterocycles. The van der Waals surface area contributed by atoms with E-state index >= 15 is 0 Å². The number of carbonyl (C=O) groups is 1. The van der Waals surface area contributed by atoms with E-state index in [0.29, 0.717) is 13.1 Å². The highest BCUT2D eigenvalue weighted by Crippen LogP contribution is 2.17. The molecule has 98 valence electrons. The van der Waals surface area contributed by atoms with Crippen LogP contribution in [-0.4, -0.2) is 32.1 Å². The Bertz CT molecular complexity index is 499.